The molecule has 0 aliphatic carbocycles. The van der Waals surface area contributed by atoms with Crippen LogP contribution in [0.5, 0.6) is 0 Å². The van der Waals surface area contributed by atoms with Gasteiger partial charge in [-0.25, -0.2) is 4.79 Å². The van der Waals surface area contributed by atoms with Gasteiger partial charge in [0.25, 0.3) is 0 Å². The van der Waals surface area contributed by atoms with Gasteiger partial charge in [0.15, 0.2) is 0 Å². The summed E-state index contributed by atoms with van der Waals surface area (Å²) in [5.41, 5.74) is 3.73. The Kier molecular flexibility index (Phi) is 4.69. The van der Waals surface area contributed by atoms with Crippen molar-refractivity contribution in [3.8, 4) is 0 Å². The summed E-state index contributed by atoms with van der Waals surface area (Å²) in [6.45, 7) is 4.34. The third-order valence-corrected chi connectivity index (χ3v) is 4.65. The number of aliphatic hydroxyl groups is 1. The minimum absolute atomic E-state index is 0.0470. The largest absolute Gasteiger partial charge is 0.392 e. The molecule has 128 valence electrons. The molecule has 1 aliphatic rings. The zero-order valence-corrected chi connectivity index (χ0v) is 14.3. The fourth-order valence-corrected chi connectivity index (χ4v) is 3.24. The van der Waals surface area contributed by atoms with Crippen LogP contribution in [0.25, 0.3) is 0 Å². The van der Waals surface area contributed by atoms with Gasteiger partial charge < -0.3 is 9.94 Å². The molecule has 3 rings (SSSR count). The number of hydroxylamine groups is 2. The third kappa shape index (κ3) is 3.34. The Morgan fingerprint density at radius 1 is 1.33 bits per heavy atom. The zero-order chi connectivity index (χ0) is 17.3. The van der Waals surface area contributed by atoms with E-state index in [0.717, 1.165) is 17.0 Å². The van der Waals surface area contributed by atoms with Crippen molar-refractivity contribution in [3.05, 3.63) is 52.8 Å². The molecule has 2 atom stereocenters. The highest BCUT2D eigenvalue weighted by Gasteiger charge is 2.35. The van der Waals surface area contributed by atoms with E-state index in [9.17, 15) is 9.90 Å². The fraction of sp³-hybridized carbons (Fsp3) is 0.444. The summed E-state index contributed by atoms with van der Waals surface area (Å²) in [6, 6.07) is 8.85. The van der Waals surface area contributed by atoms with Crippen LogP contribution in [-0.4, -0.2) is 44.6 Å². The molecular formula is C18H23N3O3. The maximum Gasteiger partial charge on any atom is 0.357 e. The summed E-state index contributed by atoms with van der Waals surface area (Å²) in [6.07, 6.45) is 0.788. The second-order valence-electron chi connectivity index (χ2n) is 6.36. The molecule has 2 heterocycles. The second kappa shape index (κ2) is 6.75. The van der Waals surface area contributed by atoms with Crippen molar-refractivity contribution in [2.75, 3.05) is 6.54 Å². The average Bonchev–Trinajstić information content (AvgIpc) is 3.02. The van der Waals surface area contributed by atoms with Gasteiger partial charge in [-0.3, -0.25) is 4.68 Å². The summed E-state index contributed by atoms with van der Waals surface area (Å²) < 4.78 is 1.86. The Morgan fingerprint density at radius 2 is 2.04 bits per heavy atom. The molecule has 1 fully saturated rings. The van der Waals surface area contributed by atoms with Gasteiger partial charge in [-0.05, 0) is 44.4 Å². The van der Waals surface area contributed by atoms with Crippen LogP contribution in [-0.2, 0) is 18.3 Å². The van der Waals surface area contributed by atoms with Gasteiger partial charge in [0.2, 0.25) is 0 Å². The standard InChI is InChI=1S/C18H23N3O3/c1-12-17(13(2)20(3)19-12)10-15-9-16(22)11-21(15)24-18(23)14-7-5-4-6-8-14/h4-8,15-16,22H,9-11H2,1-3H3. The van der Waals surface area contributed by atoms with Crippen molar-refractivity contribution < 1.29 is 14.7 Å². The van der Waals surface area contributed by atoms with Gasteiger partial charge in [0, 0.05) is 12.7 Å². The minimum atomic E-state index is -0.490. The quantitative estimate of drug-likeness (QED) is 0.926. The molecule has 1 aromatic carbocycles. The van der Waals surface area contributed by atoms with Crippen LogP contribution in [0.3, 0.4) is 0 Å². The SMILES string of the molecule is Cc1nn(C)c(C)c1CC1CC(O)CN1OC(=O)c1ccccc1. The number of carbonyl (C=O) groups excluding carboxylic acids is 1. The Bertz CT molecular complexity index is 727. The Hall–Kier alpha value is -2.18. The number of nitrogens with zero attached hydrogens (tertiary/aromatic N) is 3. The molecule has 2 aromatic rings. The highest BCUT2D eigenvalue weighted by atomic mass is 16.7. The molecule has 0 amide bonds. The first-order valence-electron chi connectivity index (χ1n) is 8.17. The lowest BCUT2D eigenvalue weighted by Gasteiger charge is -2.23. The topological polar surface area (TPSA) is 67.6 Å². The molecule has 1 aliphatic heterocycles. The van der Waals surface area contributed by atoms with Crippen LogP contribution in [0.1, 0.15) is 33.7 Å². The van der Waals surface area contributed by atoms with Crippen molar-refractivity contribution in [1.29, 1.82) is 0 Å². The Labute approximate surface area is 141 Å². The van der Waals surface area contributed by atoms with E-state index in [2.05, 4.69) is 5.10 Å². The van der Waals surface area contributed by atoms with Gasteiger partial charge in [0.1, 0.15) is 0 Å². The van der Waals surface area contributed by atoms with Crippen LogP contribution >= 0.6 is 0 Å². The van der Waals surface area contributed by atoms with Crippen LogP contribution in [0.2, 0.25) is 0 Å². The molecule has 1 saturated heterocycles. The molecule has 0 saturated carbocycles. The number of aromatic nitrogens is 2. The van der Waals surface area contributed by atoms with Crippen molar-refractivity contribution in [3.63, 3.8) is 0 Å². The molecule has 0 spiro atoms. The van der Waals surface area contributed by atoms with Gasteiger partial charge in [0.05, 0.1) is 29.9 Å². The van der Waals surface area contributed by atoms with E-state index in [1.54, 1.807) is 29.3 Å². The Balaban J connectivity index is 1.73. The first-order chi connectivity index (χ1) is 11.5. The molecule has 24 heavy (non-hydrogen) atoms. The third-order valence-electron chi connectivity index (χ3n) is 4.65. The highest BCUT2D eigenvalue weighted by Crippen LogP contribution is 2.25. The molecule has 1 N–H and O–H groups in total. The smallest absolute Gasteiger partial charge is 0.357 e. The van der Waals surface area contributed by atoms with E-state index in [4.69, 9.17) is 4.84 Å². The number of hydrogen-bond donors (Lipinski definition) is 1. The summed E-state index contributed by atoms with van der Waals surface area (Å²) in [5, 5.41) is 16.1. The zero-order valence-electron chi connectivity index (χ0n) is 14.3. The van der Waals surface area contributed by atoms with Crippen LogP contribution in [0.15, 0.2) is 30.3 Å². The highest BCUT2D eigenvalue weighted by molar-refractivity contribution is 5.89. The van der Waals surface area contributed by atoms with E-state index in [0.29, 0.717) is 24.9 Å². The maximum atomic E-state index is 12.3. The summed E-state index contributed by atoms with van der Waals surface area (Å²) >= 11 is 0. The lowest BCUT2D eigenvalue weighted by Crippen LogP contribution is -2.34. The number of hydrogen-bond acceptors (Lipinski definition) is 5. The molecule has 6 nitrogen and oxygen atoms in total. The van der Waals surface area contributed by atoms with E-state index in [1.165, 1.54) is 0 Å². The second-order valence-corrected chi connectivity index (χ2v) is 6.36. The molecule has 2 unspecified atom stereocenters. The van der Waals surface area contributed by atoms with Gasteiger partial charge in [-0.2, -0.15) is 5.10 Å². The van der Waals surface area contributed by atoms with E-state index in [-0.39, 0.29) is 6.04 Å². The Morgan fingerprint density at radius 3 is 2.67 bits per heavy atom. The van der Waals surface area contributed by atoms with Gasteiger partial charge in [-0.1, -0.05) is 18.2 Å². The molecular weight excluding hydrogens is 306 g/mol. The van der Waals surface area contributed by atoms with Crippen LogP contribution < -0.4 is 0 Å². The molecule has 1 aromatic heterocycles. The van der Waals surface area contributed by atoms with Crippen molar-refractivity contribution >= 4 is 5.97 Å². The predicted molar refractivity (Wildman–Crippen MR) is 89.4 cm³/mol. The van der Waals surface area contributed by atoms with E-state index in [1.807, 2.05) is 31.6 Å². The normalized spacial score (nSPS) is 21.2. The predicted octanol–water partition coefficient (Wildman–Crippen LogP) is 1.79. The van der Waals surface area contributed by atoms with Crippen LogP contribution in [0.4, 0.5) is 0 Å². The minimum Gasteiger partial charge on any atom is -0.392 e. The number of carbonyl (C=O) groups is 1. The number of rotatable bonds is 4. The van der Waals surface area contributed by atoms with Crippen molar-refractivity contribution in [1.82, 2.24) is 14.8 Å². The fourth-order valence-electron chi connectivity index (χ4n) is 3.24. The number of β-amino-alcohol motifs (C(OH)–C–C–N with tert-alkyl or cyclic N) is 1. The van der Waals surface area contributed by atoms with Gasteiger partial charge >= 0.3 is 5.97 Å². The van der Waals surface area contributed by atoms with Crippen LogP contribution in [0, 0.1) is 13.8 Å². The first-order valence-corrected chi connectivity index (χ1v) is 8.17. The van der Waals surface area contributed by atoms with Gasteiger partial charge in [-0.15, -0.1) is 5.06 Å². The summed E-state index contributed by atoms with van der Waals surface area (Å²) in [5.74, 6) is -0.394. The van der Waals surface area contributed by atoms with Crippen molar-refractivity contribution in [2.45, 2.75) is 38.8 Å². The number of benzene rings is 1. The van der Waals surface area contributed by atoms with E-state index < -0.39 is 12.1 Å². The molecule has 0 bridgehead atoms. The lowest BCUT2D eigenvalue weighted by molar-refractivity contribution is -0.122. The molecule has 6 heteroatoms. The first kappa shape index (κ1) is 16.7. The number of aliphatic hydroxyl groups excluding tert-OH is 1. The maximum absolute atomic E-state index is 12.3. The lowest BCUT2D eigenvalue weighted by atomic mass is 10.0. The summed E-state index contributed by atoms with van der Waals surface area (Å²) in [7, 11) is 1.92. The van der Waals surface area contributed by atoms with E-state index >= 15 is 0 Å². The molecule has 0 radical (unpaired) electrons. The number of aryl methyl sites for hydroxylation is 2. The summed E-state index contributed by atoms with van der Waals surface area (Å²) in [4.78, 5) is 17.8. The monoisotopic (exact) mass is 329 g/mol. The van der Waals surface area contributed by atoms with Crippen molar-refractivity contribution in [2.24, 2.45) is 7.05 Å². The average molecular weight is 329 g/mol.